The van der Waals surface area contributed by atoms with Gasteiger partial charge in [0.25, 0.3) is 0 Å². The van der Waals surface area contributed by atoms with E-state index in [1.807, 2.05) is 33.2 Å². The topological polar surface area (TPSA) is 55.3 Å². The Morgan fingerprint density at radius 1 is 1.18 bits per heavy atom. The number of benzene rings is 1. The number of aliphatic imine (C=N–C) groups is 1. The highest BCUT2D eigenvalue weighted by Crippen LogP contribution is 2.30. The van der Waals surface area contributed by atoms with Gasteiger partial charge in [-0.15, -0.1) is 24.0 Å². The van der Waals surface area contributed by atoms with Crippen LogP contribution in [0.1, 0.15) is 38.3 Å². The minimum atomic E-state index is 0. The first-order valence-electron chi connectivity index (χ1n) is 9.62. The number of methoxy groups -OCH3 is 2. The third kappa shape index (κ3) is 8.03. The molecule has 0 aliphatic rings. The molecule has 1 aromatic rings. The summed E-state index contributed by atoms with van der Waals surface area (Å²) in [6.45, 7) is 10.8. The Labute approximate surface area is 188 Å². The number of rotatable bonds is 10. The Bertz CT molecular complexity index is 609. The molecule has 6 nitrogen and oxygen atoms in total. The van der Waals surface area contributed by atoms with Gasteiger partial charge in [0.05, 0.1) is 20.3 Å². The Kier molecular flexibility index (Phi) is 13.3. The van der Waals surface area contributed by atoms with Crippen molar-refractivity contribution in [3.63, 3.8) is 0 Å². The molecular formula is C21H38IN3O3. The van der Waals surface area contributed by atoms with Gasteiger partial charge in [0, 0.05) is 33.8 Å². The number of nitrogens with zero attached hydrogens (tertiary/aromatic N) is 2. The van der Waals surface area contributed by atoms with Crippen molar-refractivity contribution in [1.29, 1.82) is 0 Å². The Morgan fingerprint density at radius 2 is 1.79 bits per heavy atom. The summed E-state index contributed by atoms with van der Waals surface area (Å²) in [6, 6.07) is 4.04. The monoisotopic (exact) mass is 507 g/mol. The summed E-state index contributed by atoms with van der Waals surface area (Å²) in [7, 11) is 7.16. The van der Waals surface area contributed by atoms with Gasteiger partial charge in [0.1, 0.15) is 0 Å². The van der Waals surface area contributed by atoms with Crippen molar-refractivity contribution in [3.05, 3.63) is 23.3 Å². The molecule has 1 unspecified atom stereocenters. The molecule has 0 aromatic heterocycles. The molecule has 0 radical (unpaired) electrons. The van der Waals surface area contributed by atoms with Crippen LogP contribution in [0.5, 0.6) is 11.5 Å². The summed E-state index contributed by atoms with van der Waals surface area (Å²) in [6.07, 6.45) is 1.22. The second-order valence-corrected chi connectivity index (χ2v) is 6.99. The minimum absolute atomic E-state index is 0. The number of hydrogen-bond donors (Lipinski definition) is 1. The van der Waals surface area contributed by atoms with Crippen molar-refractivity contribution in [2.75, 3.05) is 41.5 Å². The maximum atomic E-state index is 5.82. The molecule has 0 amide bonds. The molecule has 7 heteroatoms. The smallest absolute Gasteiger partial charge is 0.193 e. The highest BCUT2D eigenvalue weighted by molar-refractivity contribution is 14.0. The van der Waals surface area contributed by atoms with E-state index < -0.39 is 0 Å². The lowest BCUT2D eigenvalue weighted by atomic mass is 10.0. The molecule has 0 bridgehead atoms. The van der Waals surface area contributed by atoms with E-state index in [1.54, 1.807) is 14.2 Å². The molecule has 162 valence electrons. The van der Waals surface area contributed by atoms with Crippen molar-refractivity contribution in [2.24, 2.45) is 10.9 Å². The van der Waals surface area contributed by atoms with Crippen LogP contribution in [0.25, 0.3) is 0 Å². The van der Waals surface area contributed by atoms with Gasteiger partial charge in [-0.2, -0.15) is 0 Å². The van der Waals surface area contributed by atoms with Crippen molar-refractivity contribution >= 4 is 29.9 Å². The summed E-state index contributed by atoms with van der Waals surface area (Å²) in [5, 5.41) is 3.44. The number of aryl methyl sites for hydroxylation is 1. The molecule has 28 heavy (non-hydrogen) atoms. The molecule has 1 rings (SSSR count). The third-order valence-electron chi connectivity index (χ3n) is 4.66. The average Bonchev–Trinajstić information content (AvgIpc) is 2.65. The van der Waals surface area contributed by atoms with E-state index in [0.717, 1.165) is 49.1 Å². The van der Waals surface area contributed by atoms with Gasteiger partial charge >= 0.3 is 0 Å². The van der Waals surface area contributed by atoms with Crippen LogP contribution in [0.15, 0.2) is 17.1 Å². The Morgan fingerprint density at radius 3 is 2.29 bits per heavy atom. The summed E-state index contributed by atoms with van der Waals surface area (Å²) >= 11 is 0. The fourth-order valence-corrected chi connectivity index (χ4v) is 3.06. The maximum Gasteiger partial charge on any atom is 0.193 e. The minimum Gasteiger partial charge on any atom is -0.493 e. The predicted molar refractivity (Wildman–Crippen MR) is 127 cm³/mol. The summed E-state index contributed by atoms with van der Waals surface area (Å²) in [5.74, 6) is 2.86. The van der Waals surface area contributed by atoms with Crippen LogP contribution in [0.3, 0.4) is 0 Å². The zero-order valence-corrected chi connectivity index (χ0v) is 21.0. The van der Waals surface area contributed by atoms with Gasteiger partial charge in [0.15, 0.2) is 17.5 Å². The van der Waals surface area contributed by atoms with Crippen LogP contribution >= 0.6 is 24.0 Å². The van der Waals surface area contributed by atoms with E-state index in [2.05, 4.69) is 36.0 Å². The molecule has 0 aliphatic carbocycles. The van der Waals surface area contributed by atoms with Gasteiger partial charge in [-0.1, -0.05) is 13.8 Å². The summed E-state index contributed by atoms with van der Waals surface area (Å²) in [4.78, 5) is 6.52. The fourth-order valence-electron chi connectivity index (χ4n) is 3.06. The molecule has 1 aromatic carbocycles. The van der Waals surface area contributed by atoms with Gasteiger partial charge in [-0.05, 0) is 49.4 Å². The zero-order valence-electron chi connectivity index (χ0n) is 18.7. The lowest BCUT2D eigenvalue weighted by molar-refractivity contribution is 0.0257. The predicted octanol–water partition coefficient (Wildman–Crippen LogP) is 4.09. The molecule has 1 N–H and O–H groups in total. The lowest BCUT2D eigenvalue weighted by Crippen LogP contribution is -2.40. The second-order valence-electron chi connectivity index (χ2n) is 6.99. The molecule has 0 fully saturated rings. The normalized spacial score (nSPS) is 12.4. The average molecular weight is 507 g/mol. The molecule has 0 saturated carbocycles. The van der Waals surface area contributed by atoms with Crippen molar-refractivity contribution in [2.45, 2.75) is 46.8 Å². The highest BCUT2D eigenvalue weighted by atomic mass is 127. The molecule has 1 atom stereocenters. The molecule has 0 spiro atoms. The Hall–Kier alpha value is -1.22. The SMILES string of the molecule is CCOC(CCNC(=NC)N(C)Cc1cc(OC)c(OC)cc1C)C(C)C.I. The van der Waals surface area contributed by atoms with Crippen LogP contribution in [0, 0.1) is 12.8 Å². The summed E-state index contributed by atoms with van der Waals surface area (Å²) in [5.41, 5.74) is 2.33. The van der Waals surface area contributed by atoms with E-state index in [0.29, 0.717) is 5.92 Å². The summed E-state index contributed by atoms with van der Waals surface area (Å²) < 4.78 is 16.6. The first-order chi connectivity index (χ1) is 12.9. The third-order valence-corrected chi connectivity index (χ3v) is 4.66. The zero-order chi connectivity index (χ0) is 20.4. The first kappa shape index (κ1) is 26.8. The first-order valence-corrected chi connectivity index (χ1v) is 9.62. The van der Waals surface area contributed by atoms with E-state index >= 15 is 0 Å². The fraction of sp³-hybridized carbons (Fsp3) is 0.667. The standard InChI is InChI=1S/C21H37N3O3.HI/c1-9-27-18(15(2)3)10-11-23-21(22-5)24(6)14-17-13-20(26-8)19(25-7)12-16(17)4;/h12-13,15,18H,9-11,14H2,1-8H3,(H,22,23);1H. The maximum absolute atomic E-state index is 5.82. The van der Waals surface area contributed by atoms with E-state index in [9.17, 15) is 0 Å². The van der Waals surface area contributed by atoms with Gasteiger partial charge in [0.2, 0.25) is 0 Å². The van der Waals surface area contributed by atoms with Gasteiger partial charge in [-0.25, -0.2) is 0 Å². The molecule has 0 heterocycles. The highest BCUT2D eigenvalue weighted by Gasteiger charge is 2.15. The Balaban J connectivity index is 0.00000729. The van der Waals surface area contributed by atoms with Gasteiger partial charge < -0.3 is 24.4 Å². The number of nitrogens with one attached hydrogen (secondary N) is 1. The number of guanidine groups is 1. The quantitative estimate of drug-likeness (QED) is 0.294. The van der Waals surface area contributed by atoms with Crippen LogP contribution in [0.2, 0.25) is 0 Å². The molecule has 0 saturated heterocycles. The van der Waals surface area contributed by atoms with Crippen molar-refractivity contribution < 1.29 is 14.2 Å². The lowest BCUT2D eigenvalue weighted by Gasteiger charge is -2.25. The van der Waals surface area contributed by atoms with Crippen LogP contribution < -0.4 is 14.8 Å². The molecular weight excluding hydrogens is 469 g/mol. The van der Waals surface area contributed by atoms with Crippen molar-refractivity contribution in [1.82, 2.24) is 10.2 Å². The van der Waals surface area contributed by atoms with Crippen LogP contribution in [0.4, 0.5) is 0 Å². The second kappa shape index (κ2) is 13.9. The van der Waals surface area contributed by atoms with Crippen LogP contribution in [-0.4, -0.2) is 58.4 Å². The van der Waals surface area contributed by atoms with E-state index in [1.165, 1.54) is 5.56 Å². The number of ether oxygens (including phenoxy) is 3. The van der Waals surface area contributed by atoms with E-state index in [-0.39, 0.29) is 30.1 Å². The number of hydrogen-bond acceptors (Lipinski definition) is 4. The largest absolute Gasteiger partial charge is 0.493 e. The van der Waals surface area contributed by atoms with E-state index in [4.69, 9.17) is 14.2 Å². The van der Waals surface area contributed by atoms with Gasteiger partial charge in [-0.3, -0.25) is 4.99 Å². The van der Waals surface area contributed by atoms with Crippen LogP contribution in [-0.2, 0) is 11.3 Å². The van der Waals surface area contributed by atoms with Crippen molar-refractivity contribution in [3.8, 4) is 11.5 Å². The number of halogens is 1. The molecule has 0 aliphatic heterocycles.